The lowest BCUT2D eigenvalue weighted by Crippen LogP contribution is -2.02. The molecule has 0 aliphatic carbocycles. The fourth-order valence-electron chi connectivity index (χ4n) is 1.63. The largest absolute Gasteiger partial charge is 0.506 e. The van der Waals surface area contributed by atoms with Gasteiger partial charge in [-0.2, -0.15) is 5.26 Å². The molecule has 0 saturated carbocycles. The summed E-state index contributed by atoms with van der Waals surface area (Å²) in [5, 5.41) is 26.8. The zero-order valence-corrected chi connectivity index (χ0v) is 14.2. The summed E-state index contributed by atoms with van der Waals surface area (Å²) in [6.07, 6.45) is 1.27. The highest BCUT2D eigenvalue weighted by Gasteiger charge is 2.13. The summed E-state index contributed by atoms with van der Waals surface area (Å²) in [4.78, 5) is 15.8. The molecule has 0 fully saturated rings. The molecule has 1 N–H and O–H groups in total. The van der Waals surface area contributed by atoms with Crippen molar-refractivity contribution in [3.05, 3.63) is 39.4 Å². The van der Waals surface area contributed by atoms with Gasteiger partial charge in [0.1, 0.15) is 28.2 Å². The van der Waals surface area contributed by atoms with Gasteiger partial charge < -0.3 is 9.84 Å². The van der Waals surface area contributed by atoms with E-state index in [1.54, 1.807) is 24.3 Å². The second kappa shape index (κ2) is 7.68. The van der Waals surface area contributed by atoms with Gasteiger partial charge >= 0.3 is 5.97 Å². The van der Waals surface area contributed by atoms with Crippen molar-refractivity contribution in [3.63, 3.8) is 0 Å². The SMILES string of the molecule is COC(=O)/C(C#N)=C/c1sc(N=Nc2ccc(C)cc2O)nc1Cl. The van der Waals surface area contributed by atoms with E-state index in [4.69, 9.17) is 16.9 Å². The average Bonchev–Trinajstić information content (AvgIpc) is 2.90. The second-order valence-corrected chi connectivity index (χ2v) is 5.87. The van der Waals surface area contributed by atoms with Crippen LogP contribution in [0.4, 0.5) is 10.8 Å². The molecular weight excluding hydrogens is 352 g/mol. The molecule has 1 heterocycles. The lowest BCUT2D eigenvalue weighted by atomic mass is 10.2. The fourth-order valence-corrected chi connectivity index (χ4v) is 2.65. The third-order valence-corrected chi connectivity index (χ3v) is 4.06. The lowest BCUT2D eigenvalue weighted by Gasteiger charge is -1.97. The lowest BCUT2D eigenvalue weighted by molar-refractivity contribution is -0.135. The average molecular weight is 363 g/mol. The summed E-state index contributed by atoms with van der Waals surface area (Å²) in [7, 11) is 1.18. The van der Waals surface area contributed by atoms with Crippen molar-refractivity contribution in [1.82, 2.24) is 4.98 Å². The Morgan fingerprint density at radius 3 is 2.88 bits per heavy atom. The van der Waals surface area contributed by atoms with Crippen LogP contribution in [0.25, 0.3) is 6.08 Å². The number of phenolic OH excluding ortho intramolecular Hbond substituents is 1. The maximum Gasteiger partial charge on any atom is 0.348 e. The number of aryl methyl sites for hydroxylation is 1. The monoisotopic (exact) mass is 362 g/mol. The number of carbonyl (C=O) groups is 1. The van der Waals surface area contributed by atoms with E-state index < -0.39 is 5.97 Å². The molecule has 7 nitrogen and oxygen atoms in total. The number of azo groups is 1. The number of halogens is 1. The van der Waals surface area contributed by atoms with E-state index in [1.807, 2.05) is 6.92 Å². The number of nitriles is 1. The van der Waals surface area contributed by atoms with Crippen molar-refractivity contribution in [1.29, 1.82) is 5.26 Å². The van der Waals surface area contributed by atoms with Crippen LogP contribution < -0.4 is 0 Å². The van der Waals surface area contributed by atoms with Gasteiger partial charge in [-0.3, -0.25) is 0 Å². The standard InChI is InChI=1S/C15H11ClN4O3S/c1-8-3-4-10(11(21)5-8)19-20-15-18-13(16)12(24-15)6-9(7-17)14(22)23-2/h3-6,21H,1-2H3/b9-6+,20-19?. The molecule has 2 aromatic rings. The number of esters is 1. The van der Waals surface area contributed by atoms with Gasteiger partial charge in [-0.1, -0.05) is 29.0 Å². The zero-order valence-electron chi connectivity index (χ0n) is 12.6. The molecule has 9 heteroatoms. The number of hydrogen-bond donors (Lipinski definition) is 1. The van der Waals surface area contributed by atoms with E-state index in [-0.39, 0.29) is 27.3 Å². The Hall–Kier alpha value is -2.76. The Labute approximate surface area is 146 Å². The van der Waals surface area contributed by atoms with Crippen LogP contribution in [0.1, 0.15) is 10.4 Å². The number of aromatic nitrogens is 1. The summed E-state index contributed by atoms with van der Waals surface area (Å²) < 4.78 is 4.49. The number of benzene rings is 1. The minimum Gasteiger partial charge on any atom is -0.506 e. The van der Waals surface area contributed by atoms with Crippen molar-refractivity contribution in [2.45, 2.75) is 6.92 Å². The molecule has 1 aromatic carbocycles. The summed E-state index contributed by atoms with van der Waals surface area (Å²) in [5.41, 5.74) is 0.974. The van der Waals surface area contributed by atoms with Gasteiger partial charge in [0.15, 0.2) is 0 Å². The Bertz CT molecular complexity index is 883. The van der Waals surface area contributed by atoms with Gasteiger partial charge in [0.2, 0.25) is 5.13 Å². The first kappa shape index (κ1) is 17.6. The molecule has 2 rings (SSSR count). The predicted molar refractivity (Wildman–Crippen MR) is 89.7 cm³/mol. The summed E-state index contributed by atoms with van der Waals surface area (Å²) >= 11 is 7.01. The number of aromatic hydroxyl groups is 1. The van der Waals surface area contributed by atoms with Crippen molar-refractivity contribution < 1.29 is 14.6 Å². The number of thiazole rings is 1. The molecule has 0 amide bonds. The third kappa shape index (κ3) is 4.16. The van der Waals surface area contributed by atoms with Crippen molar-refractivity contribution in [3.8, 4) is 11.8 Å². The van der Waals surface area contributed by atoms with Gasteiger partial charge in [-0.15, -0.1) is 10.2 Å². The van der Waals surface area contributed by atoms with Crippen molar-refractivity contribution in [2.24, 2.45) is 10.2 Å². The molecular formula is C15H11ClN4O3S. The van der Waals surface area contributed by atoms with Crippen molar-refractivity contribution in [2.75, 3.05) is 7.11 Å². The van der Waals surface area contributed by atoms with E-state index in [1.165, 1.54) is 13.2 Å². The maximum atomic E-state index is 11.4. The summed E-state index contributed by atoms with van der Waals surface area (Å²) in [5.74, 6) is -0.770. The normalized spacial score (nSPS) is 11.5. The van der Waals surface area contributed by atoms with Gasteiger partial charge in [-0.25, -0.2) is 9.78 Å². The number of phenols is 1. The number of methoxy groups -OCH3 is 1. The highest BCUT2D eigenvalue weighted by Crippen LogP contribution is 2.33. The number of carbonyl (C=O) groups excluding carboxylic acids is 1. The molecule has 1 aromatic heterocycles. The van der Waals surface area contributed by atoms with Crippen LogP contribution in [0.5, 0.6) is 5.75 Å². The summed E-state index contributed by atoms with van der Waals surface area (Å²) in [6, 6.07) is 6.70. The minimum absolute atomic E-state index is 0.000944. The highest BCUT2D eigenvalue weighted by molar-refractivity contribution is 7.16. The van der Waals surface area contributed by atoms with E-state index in [0.29, 0.717) is 4.88 Å². The van der Waals surface area contributed by atoms with E-state index >= 15 is 0 Å². The van der Waals surface area contributed by atoms with Crippen LogP contribution >= 0.6 is 22.9 Å². The van der Waals surface area contributed by atoms with Crippen LogP contribution in [0.2, 0.25) is 5.15 Å². The Kier molecular flexibility index (Phi) is 5.63. The molecule has 0 radical (unpaired) electrons. The predicted octanol–water partition coefficient (Wildman–Crippen LogP) is 4.31. The molecule has 0 atom stereocenters. The molecule has 24 heavy (non-hydrogen) atoms. The van der Waals surface area contributed by atoms with Gasteiger partial charge in [0, 0.05) is 0 Å². The molecule has 0 aliphatic heterocycles. The smallest absolute Gasteiger partial charge is 0.348 e. The zero-order chi connectivity index (χ0) is 17.7. The minimum atomic E-state index is -0.769. The molecule has 122 valence electrons. The summed E-state index contributed by atoms with van der Waals surface area (Å²) in [6.45, 7) is 1.84. The molecule has 0 bridgehead atoms. The maximum absolute atomic E-state index is 11.4. The first-order chi connectivity index (χ1) is 11.4. The third-order valence-electron chi connectivity index (χ3n) is 2.77. The van der Waals surface area contributed by atoms with Gasteiger partial charge in [-0.05, 0) is 30.7 Å². The van der Waals surface area contributed by atoms with E-state index in [9.17, 15) is 9.90 Å². The van der Waals surface area contributed by atoms with Crippen LogP contribution in [-0.4, -0.2) is 23.2 Å². The fraction of sp³-hybridized carbons (Fsp3) is 0.133. The van der Waals surface area contributed by atoms with Crippen LogP contribution in [0.15, 0.2) is 34.0 Å². The van der Waals surface area contributed by atoms with E-state index in [0.717, 1.165) is 16.9 Å². The first-order valence-electron chi connectivity index (χ1n) is 6.52. The number of ether oxygens (including phenoxy) is 1. The highest BCUT2D eigenvalue weighted by atomic mass is 35.5. The van der Waals surface area contributed by atoms with Crippen LogP contribution in [0.3, 0.4) is 0 Å². The molecule has 0 spiro atoms. The Morgan fingerprint density at radius 2 is 2.25 bits per heavy atom. The van der Waals surface area contributed by atoms with Gasteiger partial charge in [0.25, 0.3) is 0 Å². The van der Waals surface area contributed by atoms with Crippen LogP contribution in [-0.2, 0) is 9.53 Å². The Balaban J connectivity index is 2.29. The Morgan fingerprint density at radius 1 is 1.50 bits per heavy atom. The number of hydrogen-bond acceptors (Lipinski definition) is 8. The second-order valence-electron chi connectivity index (χ2n) is 4.51. The molecule has 0 saturated heterocycles. The van der Waals surface area contributed by atoms with E-state index in [2.05, 4.69) is 19.9 Å². The first-order valence-corrected chi connectivity index (χ1v) is 7.72. The van der Waals surface area contributed by atoms with Crippen molar-refractivity contribution >= 4 is 45.8 Å². The number of rotatable bonds is 4. The van der Waals surface area contributed by atoms with Crippen LogP contribution in [0, 0.1) is 18.3 Å². The van der Waals surface area contributed by atoms with Gasteiger partial charge in [0.05, 0.1) is 12.0 Å². The quantitative estimate of drug-likeness (QED) is 0.377. The molecule has 0 aliphatic rings. The topological polar surface area (TPSA) is 108 Å². The molecule has 0 unspecified atom stereocenters. The number of nitrogens with zero attached hydrogens (tertiary/aromatic N) is 4.